The lowest BCUT2D eigenvalue weighted by atomic mass is 9.76. The normalized spacial score (nSPS) is 27.9. The third-order valence-electron chi connectivity index (χ3n) is 5.01. The molecule has 1 saturated carbocycles. The predicted molar refractivity (Wildman–Crippen MR) is 80.9 cm³/mol. The molecule has 3 N–H and O–H groups in total. The van der Waals surface area contributed by atoms with Crippen LogP contribution in [0.15, 0.2) is 0 Å². The summed E-state index contributed by atoms with van der Waals surface area (Å²) >= 11 is 0. The second-order valence-corrected chi connectivity index (χ2v) is 10.1. The zero-order valence-corrected chi connectivity index (χ0v) is 14.9. The summed E-state index contributed by atoms with van der Waals surface area (Å²) in [5, 5.41) is -12.8. The predicted octanol–water partition coefficient (Wildman–Crippen LogP) is 3.87. The van der Waals surface area contributed by atoms with Crippen molar-refractivity contribution in [2.24, 2.45) is 11.8 Å². The zero-order chi connectivity index (χ0) is 20.2. The summed E-state index contributed by atoms with van der Waals surface area (Å²) in [6.45, 7) is -0.845. The van der Waals surface area contributed by atoms with Crippen LogP contribution in [0.3, 0.4) is 0 Å². The highest BCUT2D eigenvalue weighted by Crippen LogP contribution is 2.67. The van der Waals surface area contributed by atoms with Gasteiger partial charge in [0.15, 0.2) is 0 Å². The van der Waals surface area contributed by atoms with E-state index in [1.165, 1.54) is 0 Å². The van der Waals surface area contributed by atoms with Gasteiger partial charge in [-0.2, -0.15) is 34.8 Å². The largest absolute Gasteiger partial charge is 0.439 e. The van der Waals surface area contributed by atoms with E-state index in [0.29, 0.717) is 6.42 Å². The second-order valence-electron chi connectivity index (χ2n) is 6.58. The van der Waals surface area contributed by atoms with Crippen LogP contribution >= 0.6 is 10.8 Å². The summed E-state index contributed by atoms with van der Waals surface area (Å²) in [5.74, 6) is -6.95. The first-order valence-electron chi connectivity index (χ1n) is 7.70. The van der Waals surface area contributed by atoms with Crippen LogP contribution in [-0.2, 0) is 10.1 Å². The van der Waals surface area contributed by atoms with Gasteiger partial charge < -0.3 is 0 Å². The molecule has 1 aliphatic carbocycles. The van der Waals surface area contributed by atoms with Crippen molar-refractivity contribution in [2.75, 3.05) is 13.1 Å². The lowest BCUT2D eigenvalue weighted by molar-refractivity contribution is -0.249. The smallest absolute Gasteiger partial charge is 0.281 e. The van der Waals surface area contributed by atoms with Gasteiger partial charge in [0, 0.05) is 13.1 Å². The highest BCUT2D eigenvalue weighted by molar-refractivity contribution is 8.23. The molecule has 26 heavy (non-hydrogen) atoms. The third-order valence-corrected chi connectivity index (χ3v) is 7.91. The molecule has 2 rings (SSSR count). The molecule has 2 aliphatic rings. The van der Waals surface area contributed by atoms with Gasteiger partial charge >= 0.3 is 26.5 Å². The molecule has 1 heterocycles. The van der Waals surface area contributed by atoms with Crippen LogP contribution < -0.4 is 0 Å². The third kappa shape index (κ3) is 3.21. The number of fused-ring (bicyclic) bond motifs is 1. The van der Waals surface area contributed by atoms with Gasteiger partial charge in [0.2, 0.25) is 0 Å². The van der Waals surface area contributed by atoms with Gasteiger partial charge in [-0.25, -0.2) is 4.31 Å². The zero-order valence-electron chi connectivity index (χ0n) is 13.3. The number of hydrogen-bond acceptors (Lipinski definition) is 5. The quantitative estimate of drug-likeness (QED) is 0.448. The molecule has 0 aromatic rings. The summed E-state index contributed by atoms with van der Waals surface area (Å²) in [5.41, 5.74) is 0. The van der Waals surface area contributed by atoms with Gasteiger partial charge in [-0.05, 0) is 24.7 Å². The van der Waals surface area contributed by atoms with Crippen LogP contribution in [-0.4, -0.2) is 55.9 Å². The molecule has 156 valence electrons. The minimum atomic E-state index is -6.94. The van der Waals surface area contributed by atoms with Crippen molar-refractivity contribution in [1.82, 2.24) is 4.31 Å². The average Bonchev–Trinajstić information content (AvgIpc) is 2.52. The van der Waals surface area contributed by atoms with E-state index >= 15 is 0 Å². The second kappa shape index (κ2) is 6.65. The number of halogens is 6. The summed E-state index contributed by atoms with van der Waals surface area (Å²) < 4.78 is 131. The van der Waals surface area contributed by atoms with Crippen molar-refractivity contribution in [3.8, 4) is 0 Å². The SMILES string of the molecule is O=S(=O)(O)C(F)(F)C(F)(F)C(F)(F)S(O)(O)N1CCC2CCCCC2C1. The number of nitrogens with zero attached hydrogens (tertiary/aromatic N) is 1. The molecule has 2 unspecified atom stereocenters. The minimum Gasteiger partial charge on any atom is -0.281 e. The number of hydrogen-bond donors (Lipinski definition) is 3. The molecule has 0 radical (unpaired) electrons. The molecule has 0 bridgehead atoms. The van der Waals surface area contributed by atoms with E-state index in [4.69, 9.17) is 4.55 Å². The van der Waals surface area contributed by atoms with Crippen LogP contribution in [0.4, 0.5) is 26.3 Å². The van der Waals surface area contributed by atoms with E-state index in [1.54, 1.807) is 0 Å². The van der Waals surface area contributed by atoms with E-state index in [9.17, 15) is 43.9 Å². The standard InChI is InChI=1S/C12H19F6NO5S2/c13-10(14,12(17,18)26(22,23)24)11(15,16)25(20,21)19-6-5-8-3-1-2-4-9(8)7-19/h8-9,20-21H,1-7H2,(H,22,23,24). The molecule has 6 nitrogen and oxygen atoms in total. The number of alkyl halides is 6. The summed E-state index contributed by atoms with van der Waals surface area (Å²) in [6, 6.07) is 0. The number of piperidine rings is 1. The van der Waals surface area contributed by atoms with Crippen molar-refractivity contribution < 1.29 is 48.4 Å². The fourth-order valence-electron chi connectivity index (χ4n) is 3.46. The van der Waals surface area contributed by atoms with E-state index in [1.807, 2.05) is 0 Å². The molecule has 1 aliphatic heterocycles. The Morgan fingerprint density at radius 1 is 0.808 bits per heavy atom. The van der Waals surface area contributed by atoms with Gasteiger partial charge in [0.05, 0.1) is 0 Å². The average molecular weight is 435 g/mol. The van der Waals surface area contributed by atoms with Crippen LogP contribution in [0.5, 0.6) is 0 Å². The Labute approximate surface area is 147 Å². The Balaban J connectivity index is 2.33. The Morgan fingerprint density at radius 2 is 1.31 bits per heavy atom. The van der Waals surface area contributed by atoms with Gasteiger partial charge in [0.1, 0.15) is 0 Å². The molecular weight excluding hydrogens is 416 g/mol. The first kappa shape index (κ1) is 22.0. The topological polar surface area (TPSA) is 98.1 Å². The molecule has 2 atom stereocenters. The summed E-state index contributed by atoms with van der Waals surface area (Å²) in [4.78, 5) is 0. The lowest BCUT2D eigenvalue weighted by Gasteiger charge is -2.53. The van der Waals surface area contributed by atoms with Crippen molar-refractivity contribution in [2.45, 2.75) is 48.5 Å². The Bertz CT molecular complexity index is 644. The molecule has 14 heteroatoms. The van der Waals surface area contributed by atoms with Crippen molar-refractivity contribution in [1.29, 1.82) is 0 Å². The summed E-state index contributed by atoms with van der Waals surface area (Å²) in [6.07, 6.45) is 3.13. The van der Waals surface area contributed by atoms with Crippen LogP contribution in [0.25, 0.3) is 0 Å². The highest BCUT2D eigenvalue weighted by atomic mass is 32.3. The van der Waals surface area contributed by atoms with Crippen molar-refractivity contribution >= 4 is 20.9 Å². The molecule has 1 saturated heterocycles. The van der Waals surface area contributed by atoms with Crippen LogP contribution in [0.1, 0.15) is 32.1 Å². The van der Waals surface area contributed by atoms with E-state index in [0.717, 1.165) is 19.3 Å². The van der Waals surface area contributed by atoms with Gasteiger partial charge in [-0.15, -0.1) is 0 Å². The fourth-order valence-corrected chi connectivity index (χ4v) is 5.54. The van der Waals surface area contributed by atoms with Crippen molar-refractivity contribution in [3.63, 3.8) is 0 Å². The summed E-state index contributed by atoms with van der Waals surface area (Å²) in [7, 11) is -12.8. The highest BCUT2D eigenvalue weighted by Gasteiger charge is 2.82. The Morgan fingerprint density at radius 3 is 1.81 bits per heavy atom. The molecule has 0 aromatic carbocycles. The van der Waals surface area contributed by atoms with Crippen LogP contribution in [0.2, 0.25) is 0 Å². The maximum atomic E-state index is 14.1. The molecule has 0 spiro atoms. The lowest BCUT2D eigenvalue weighted by Crippen LogP contribution is -2.62. The van der Waals surface area contributed by atoms with Gasteiger partial charge in [-0.3, -0.25) is 13.7 Å². The molecule has 0 amide bonds. The first-order valence-corrected chi connectivity index (χ1v) is 10.6. The van der Waals surface area contributed by atoms with Gasteiger partial charge in [-0.1, -0.05) is 30.0 Å². The molecular formula is C12H19F6NO5S2. The maximum Gasteiger partial charge on any atom is 0.439 e. The van der Waals surface area contributed by atoms with Gasteiger partial charge in [0.25, 0.3) is 0 Å². The van der Waals surface area contributed by atoms with E-state index in [-0.39, 0.29) is 22.6 Å². The minimum absolute atomic E-state index is 0.0867. The maximum absolute atomic E-state index is 14.1. The van der Waals surface area contributed by atoms with E-state index in [2.05, 4.69) is 0 Å². The molecule has 0 aromatic heterocycles. The fraction of sp³-hybridized carbons (Fsp3) is 1.00. The van der Waals surface area contributed by atoms with Crippen molar-refractivity contribution in [3.05, 3.63) is 0 Å². The monoisotopic (exact) mass is 435 g/mol. The Hall–Kier alpha value is -0.280. The number of rotatable bonds is 5. The van der Waals surface area contributed by atoms with E-state index < -0.39 is 50.4 Å². The molecule has 2 fully saturated rings. The Kier molecular flexibility index (Phi) is 5.63. The first-order chi connectivity index (χ1) is 11.6. The van der Waals surface area contributed by atoms with Crippen LogP contribution in [0, 0.1) is 11.8 Å².